The van der Waals surface area contributed by atoms with E-state index in [1.165, 1.54) is 24.0 Å². The summed E-state index contributed by atoms with van der Waals surface area (Å²) in [7, 11) is -5.17. The summed E-state index contributed by atoms with van der Waals surface area (Å²) in [6.45, 7) is 6.93. The molecule has 150 valence electrons. The van der Waals surface area contributed by atoms with Gasteiger partial charge in [-0.25, -0.2) is 0 Å². The van der Waals surface area contributed by atoms with Crippen molar-refractivity contribution >= 4 is 18.4 Å². The van der Waals surface area contributed by atoms with Gasteiger partial charge in [0.1, 0.15) is 0 Å². The van der Waals surface area contributed by atoms with Crippen molar-refractivity contribution in [2.75, 3.05) is 12.9 Å². The normalized spacial score (nSPS) is 25.8. The van der Waals surface area contributed by atoms with Gasteiger partial charge in [-0.1, -0.05) is 37.1 Å². The fourth-order valence-electron chi connectivity index (χ4n) is 4.77. The van der Waals surface area contributed by atoms with E-state index in [4.69, 9.17) is 8.61 Å². The van der Waals surface area contributed by atoms with Crippen molar-refractivity contribution in [3.63, 3.8) is 0 Å². The molecule has 3 rings (SSSR count). The SMILES string of the molecule is C[Si](C)(C)OC1=CCc2ccccc2[C@@]12CCCC[C@H]2CCOS(C)(=O)=O. The fraction of sp³-hybridized carbons (Fsp3) is 0.619. The van der Waals surface area contributed by atoms with E-state index in [-0.39, 0.29) is 12.0 Å². The molecule has 1 spiro atoms. The van der Waals surface area contributed by atoms with E-state index in [9.17, 15) is 8.42 Å². The van der Waals surface area contributed by atoms with Crippen LogP contribution in [0, 0.1) is 5.92 Å². The zero-order chi connectivity index (χ0) is 19.7. The van der Waals surface area contributed by atoms with Crippen molar-refractivity contribution in [3.05, 3.63) is 47.2 Å². The average Bonchev–Trinajstić information content (AvgIpc) is 2.57. The molecule has 2 aliphatic carbocycles. The Morgan fingerprint density at radius 3 is 2.63 bits per heavy atom. The highest BCUT2D eigenvalue weighted by molar-refractivity contribution is 7.85. The third-order valence-corrected chi connectivity index (χ3v) is 7.12. The third-order valence-electron chi connectivity index (χ3n) is 5.70. The quantitative estimate of drug-likeness (QED) is 0.502. The van der Waals surface area contributed by atoms with Gasteiger partial charge in [0.05, 0.1) is 24.0 Å². The van der Waals surface area contributed by atoms with Crippen LogP contribution < -0.4 is 0 Å². The minimum Gasteiger partial charge on any atom is -0.547 e. The van der Waals surface area contributed by atoms with Crippen LogP contribution >= 0.6 is 0 Å². The molecule has 2 aliphatic rings. The van der Waals surface area contributed by atoms with Gasteiger partial charge >= 0.3 is 0 Å². The molecule has 1 fully saturated rings. The lowest BCUT2D eigenvalue weighted by molar-refractivity contribution is 0.133. The van der Waals surface area contributed by atoms with Gasteiger partial charge in [-0.2, -0.15) is 8.42 Å². The van der Waals surface area contributed by atoms with Gasteiger partial charge in [-0.15, -0.1) is 0 Å². The van der Waals surface area contributed by atoms with Crippen molar-refractivity contribution in [2.24, 2.45) is 5.92 Å². The highest BCUT2D eigenvalue weighted by atomic mass is 32.2. The smallest absolute Gasteiger partial charge is 0.264 e. The maximum absolute atomic E-state index is 11.4. The summed E-state index contributed by atoms with van der Waals surface area (Å²) in [5.74, 6) is 1.46. The fourth-order valence-corrected chi connectivity index (χ4v) is 6.09. The van der Waals surface area contributed by atoms with Crippen LogP contribution in [0.15, 0.2) is 36.1 Å². The van der Waals surface area contributed by atoms with Gasteiger partial charge in [-0.05, 0) is 68.4 Å². The summed E-state index contributed by atoms with van der Waals surface area (Å²) in [5.41, 5.74) is 2.61. The number of hydrogen-bond acceptors (Lipinski definition) is 4. The number of rotatable bonds is 6. The largest absolute Gasteiger partial charge is 0.547 e. The molecule has 0 aromatic heterocycles. The topological polar surface area (TPSA) is 52.6 Å². The predicted octanol–water partition coefficient (Wildman–Crippen LogP) is 4.77. The molecule has 0 bridgehead atoms. The van der Waals surface area contributed by atoms with Crippen molar-refractivity contribution in [1.82, 2.24) is 0 Å². The summed E-state index contributed by atoms with van der Waals surface area (Å²) < 4.78 is 34.6. The van der Waals surface area contributed by atoms with E-state index >= 15 is 0 Å². The second-order valence-electron chi connectivity index (χ2n) is 8.87. The molecule has 0 saturated heterocycles. The van der Waals surface area contributed by atoms with Crippen molar-refractivity contribution in [2.45, 2.75) is 63.6 Å². The van der Waals surface area contributed by atoms with Gasteiger partial charge in [0.2, 0.25) is 8.32 Å². The maximum atomic E-state index is 11.4. The number of allylic oxidation sites excluding steroid dienone is 2. The van der Waals surface area contributed by atoms with E-state index in [0.717, 1.165) is 37.7 Å². The number of benzene rings is 1. The van der Waals surface area contributed by atoms with E-state index in [1.807, 2.05) is 0 Å². The lowest BCUT2D eigenvalue weighted by Crippen LogP contribution is -2.46. The highest BCUT2D eigenvalue weighted by Gasteiger charge is 2.49. The Labute approximate surface area is 165 Å². The summed E-state index contributed by atoms with van der Waals surface area (Å²) >= 11 is 0. The van der Waals surface area contributed by atoms with Crippen LogP contribution in [0.1, 0.15) is 43.2 Å². The van der Waals surface area contributed by atoms with Crippen molar-refractivity contribution in [3.8, 4) is 0 Å². The van der Waals surface area contributed by atoms with Crippen LogP contribution in [-0.2, 0) is 30.6 Å². The first kappa shape index (κ1) is 20.6. The second kappa shape index (κ2) is 7.72. The first-order valence-electron chi connectivity index (χ1n) is 9.94. The third kappa shape index (κ3) is 4.66. The molecule has 0 amide bonds. The van der Waals surface area contributed by atoms with Crippen LogP contribution in [0.5, 0.6) is 0 Å². The van der Waals surface area contributed by atoms with Crippen molar-refractivity contribution in [1.29, 1.82) is 0 Å². The van der Waals surface area contributed by atoms with Gasteiger partial charge in [0, 0.05) is 0 Å². The number of fused-ring (bicyclic) bond motifs is 2. The monoisotopic (exact) mass is 408 g/mol. The summed E-state index contributed by atoms with van der Waals surface area (Å²) in [4.78, 5) is 0. The zero-order valence-electron chi connectivity index (χ0n) is 17.0. The maximum Gasteiger partial charge on any atom is 0.264 e. The van der Waals surface area contributed by atoms with E-state index in [2.05, 4.69) is 50.0 Å². The van der Waals surface area contributed by atoms with E-state index in [0.29, 0.717) is 5.92 Å². The Hall–Kier alpha value is -1.11. The summed E-state index contributed by atoms with van der Waals surface area (Å²) in [6.07, 6.45) is 9.53. The summed E-state index contributed by atoms with van der Waals surface area (Å²) in [6, 6.07) is 8.70. The van der Waals surface area contributed by atoms with Gasteiger partial charge in [0.15, 0.2) is 0 Å². The van der Waals surface area contributed by atoms with E-state index < -0.39 is 18.4 Å². The Kier molecular flexibility index (Phi) is 5.90. The van der Waals surface area contributed by atoms with Crippen molar-refractivity contribution < 1.29 is 17.0 Å². The number of hydrogen-bond donors (Lipinski definition) is 0. The molecule has 0 unspecified atom stereocenters. The molecule has 6 heteroatoms. The molecule has 27 heavy (non-hydrogen) atoms. The Morgan fingerprint density at radius 2 is 1.93 bits per heavy atom. The molecular weight excluding hydrogens is 376 g/mol. The van der Waals surface area contributed by atoms with Crippen LogP contribution in [0.3, 0.4) is 0 Å². The van der Waals surface area contributed by atoms with Crippen LogP contribution in [0.25, 0.3) is 0 Å². The molecule has 1 aromatic carbocycles. The predicted molar refractivity (Wildman–Crippen MR) is 112 cm³/mol. The standard InChI is InChI=1S/C21H32O4SSi/c1-26(22,23)24-16-14-18-10-7-8-15-21(18)19-11-6-5-9-17(19)12-13-20(21)25-27(2,3)4/h5-6,9,11,13,18H,7-8,10,12,14-16H2,1-4H3/t18-,21-/m0/s1. The lowest BCUT2D eigenvalue weighted by Gasteiger charge is -2.50. The molecule has 0 heterocycles. The molecule has 1 saturated carbocycles. The Bertz CT molecular complexity index is 810. The minimum atomic E-state index is -3.41. The zero-order valence-corrected chi connectivity index (χ0v) is 18.8. The molecule has 0 aliphatic heterocycles. The van der Waals surface area contributed by atoms with Gasteiger partial charge in [-0.3, -0.25) is 4.18 Å². The molecular formula is C21H32O4SSi. The molecule has 0 radical (unpaired) electrons. The Morgan fingerprint density at radius 1 is 1.19 bits per heavy atom. The molecule has 1 aromatic rings. The molecule has 2 atom stereocenters. The minimum absolute atomic E-state index is 0.145. The molecule has 0 N–H and O–H groups in total. The van der Waals surface area contributed by atoms with E-state index in [1.54, 1.807) is 0 Å². The van der Waals surface area contributed by atoms with Gasteiger partial charge < -0.3 is 4.43 Å². The average molecular weight is 409 g/mol. The van der Waals surface area contributed by atoms with Gasteiger partial charge in [0.25, 0.3) is 10.1 Å². The highest BCUT2D eigenvalue weighted by Crippen LogP contribution is 2.53. The first-order chi connectivity index (χ1) is 12.6. The lowest BCUT2D eigenvalue weighted by atomic mass is 9.58. The van der Waals surface area contributed by atoms with Crippen LogP contribution in [0.4, 0.5) is 0 Å². The second-order valence-corrected chi connectivity index (χ2v) is 14.9. The summed E-state index contributed by atoms with van der Waals surface area (Å²) in [5, 5.41) is 0. The Balaban J connectivity index is 2.00. The van der Waals surface area contributed by atoms with Crippen LogP contribution in [0.2, 0.25) is 19.6 Å². The first-order valence-corrected chi connectivity index (χ1v) is 15.2. The molecule has 4 nitrogen and oxygen atoms in total. The van der Waals surface area contributed by atoms with Crippen LogP contribution in [-0.4, -0.2) is 29.6 Å².